The van der Waals surface area contributed by atoms with Crippen molar-refractivity contribution in [3.63, 3.8) is 0 Å². The van der Waals surface area contributed by atoms with Gasteiger partial charge in [-0.05, 0) is 38.9 Å². The number of amides is 1. The van der Waals surface area contributed by atoms with Gasteiger partial charge in [0.05, 0.1) is 5.56 Å². The molecule has 104 valence electrons. The van der Waals surface area contributed by atoms with Gasteiger partial charge in [0, 0.05) is 18.6 Å². The van der Waals surface area contributed by atoms with Crippen molar-refractivity contribution in [1.82, 2.24) is 15.2 Å². The predicted octanol–water partition coefficient (Wildman–Crippen LogP) is 2.60. The van der Waals surface area contributed by atoms with E-state index in [1.807, 2.05) is 0 Å². The van der Waals surface area contributed by atoms with E-state index in [4.69, 9.17) is 23.2 Å². The molecule has 6 heteroatoms. The quantitative estimate of drug-likeness (QED) is 0.854. The summed E-state index contributed by atoms with van der Waals surface area (Å²) in [4.78, 5) is 18.3. The first-order chi connectivity index (χ1) is 8.97. The fourth-order valence-electron chi connectivity index (χ4n) is 2.27. The van der Waals surface area contributed by atoms with Gasteiger partial charge in [-0.15, -0.1) is 0 Å². The molecule has 1 aromatic heterocycles. The normalized spacial score (nSPS) is 24.2. The molecular weight excluding hydrogens is 285 g/mol. The molecule has 1 amide bonds. The van der Waals surface area contributed by atoms with Crippen LogP contribution in [0.2, 0.25) is 10.3 Å². The van der Waals surface area contributed by atoms with Gasteiger partial charge in [-0.25, -0.2) is 4.98 Å². The Labute approximate surface area is 123 Å². The molecule has 2 unspecified atom stereocenters. The first-order valence-corrected chi connectivity index (χ1v) is 7.06. The third kappa shape index (κ3) is 3.59. The van der Waals surface area contributed by atoms with Crippen molar-refractivity contribution < 1.29 is 4.79 Å². The summed E-state index contributed by atoms with van der Waals surface area (Å²) in [6.45, 7) is 3.15. The van der Waals surface area contributed by atoms with Crippen LogP contribution in [-0.2, 0) is 0 Å². The van der Waals surface area contributed by atoms with E-state index in [1.54, 1.807) is 12.1 Å². The average Bonchev–Trinajstić information content (AvgIpc) is 2.33. The molecule has 4 nitrogen and oxygen atoms in total. The van der Waals surface area contributed by atoms with Gasteiger partial charge < -0.3 is 10.2 Å². The standard InChI is InChI=1S/C13H17Cl2N3O/c1-8-7-9(5-6-18(8)2)16-13(19)10-3-4-11(14)17-12(10)15/h3-4,8-9H,5-7H2,1-2H3,(H,16,19). The lowest BCUT2D eigenvalue weighted by molar-refractivity contribution is 0.0896. The number of rotatable bonds is 2. The Kier molecular flexibility index (Phi) is 4.66. The van der Waals surface area contributed by atoms with Crippen molar-refractivity contribution in [3.05, 3.63) is 28.0 Å². The largest absolute Gasteiger partial charge is 0.349 e. The summed E-state index contributed by atoms with van der Waals surface area (Å²) in [6.07, 6.45) is 1.89. The first-order valence-electron chi connectivity index (χ1n) is 6.30. The van der Waals surface area contributed by atoms with E-state index in [2.05, 4.69) is 29.2 Å². The highest BCUT2D eigenvalue weighted by Gasteiger charge is 2.25. The zero-order chi connectivity index (χ0) is 14.0. The van der Waals surface area contributed by atoms with Crippen LogP contribution in [0.25, 0.3) is 0 Å². The lowest BCUT2D eigenvalue weighted by Crippen LogP contribution is -2.47. The zero-order valence-electron chi connectivity index (χ0n) is 11.0. The monoisotopic (exact) mass is 301 g/mol. The van der Waals surface area contributed by atoms with Crippen LogP contribution in [0.3, 0.4) is 0 Å². The van der Waals surface area contributed by atoms with Crippen LogP contribution in [-0.4, -0.2) is 41.5 Å². The summed E-state index contributed by atoms with van der Waals surface area (Å²) < 4.78 is 0. The highest BCUT2D eigenvalue weighted by atomic mass is 35.5. The van der Waals surface area contributed by atoms with Gasteiger partial charge in [0.1, 0.15) is 10.3 Å². The maximum absolute atomic E-state index is 12.1. The maximum Gasteiger partial charge on any atom is 0.254 e. The summed E-state index contributed by atoms with van der Waals surface area (Å²) >= 11 is 11.6. The molecule has 0 spiro atoms. The Bertz CT molecular complexity index is 481. The molecule has 1 aliphatic rings. The maximum atomic E-state index is 12.1. The molecule has 2 atom stereocenters. The topological polar surface area (TPSA) is 45.2 Å². The van der Waals surface area contributed by atoms with E-state index >= 15 is 0 Å². The fourth-order valence-corrected chi connectivity index (χ4v) is 2.70. The van der Waals surface area contributed by atoms with Crippen molar-refractivity contribution >= 4 is 29.1 Å². The Balaban J connectivity index is 2.01. The summed E-state index contributed by atoms with van der Waals surface area (Å²) in [6, 6.07) is 3.83. The van der Waals surface area contributed by atoms with Crippen LogP contribution in [0.1, 0.15) is 30.1 Å². The SMILES string of the molecule is CC1CC(NC(=O)c2ccc(Cl)nc2Cl)CCN1C. The van der Waals surface area contributed by atoms with Gasteiger partial charge in [0.25, 0.3) is 5.91 Å². The molecule has 2 rings (SSSR count). The van der Waals surface area contributed by atoms with E-state index in [-0.39, 0.29) is 22.3 Å². The van der Waals surface area contributed by atoms with Gasteiger partial charge >= 0.3 is 0 Å². The Morgan fingerprint density at radius 2 is 2.21 bits per heavy atom. The minimum atomic E-state index is -0.184. The number of aromatic nitrogens is 1. The molecule has 0 aliphatic carbocycles. The molecule has 0 saturated carbocycles. The predicted molar refractivity (Wildman–Crippen MR) is 76.8 cm³/mol. The number of nitrogens with zero attached hydrogens (tertiary/aromatic N) is 2. The second-order valence-electron chi connectivity index (χ2n) is 5.00. The number of halogens is 2. The van der Waals surface area contributed by atoms with Gasteiger partial charge in [0.15, 0.2) is 0 Å². The number of hydrogen-bond acceptors (Lipinski definition) is 3. The van der Waals surface area contributed by atoms with E-state index in [1.165, 1.54) is 0 Å². The Morgan fingerprint density at radius 1 is 1.47 bits per heavy atom. The van der Waals surface area contributed by atoms with Gasteiger partial charge in [0.2, 0.25) is 0 Å². The van der Waals surface area contributed by atoms with Crippen LogP contribution in [0.4, 0.5) is 0 Å². The molecule has 0 aromatic carbocycles. The molecule has 19 heavy (non-hydrogen) atoms. The second kappa shape index (κ2) is 6.07. The fraction of sp³-hybridized carbons (Fsp3) is 0.538. The van der Waals surface area contributed by atoms with Gasteiger partial charge in [-0.2, -0.15) is 0 Å². The number of likely N-dealkylation sites (tertiary alicyclic amines) is 1. The molecule has 1 aliphatic heterocycles. The molecule has 0 radical (unpaired) electrons. The van der Waals surface area contributed by atoms with E-state index in [0.29, 0.717) is 11.6 Å². The third-order valence-electron chi connectivity index (χ3n) is 3.60. The smallest absolute Gasteiger partial charge is 0.254 e. The molecule has 1 fully saturated rings. The number of hydrogen-bond donors (Lipinski definition) is 1. The van der Waals surface area contributed by atoms with Crippen molar-refractivity contribution in [1.29, 1.82) is 0 Å². The summed E-state index contributed by atoms with van der Waals surface area (Å²) in [5.74, 6) is -0.184. The van der Waals surface area contributed by atoms with E-state index in [9.17, 15) is 4.79 Å². The van der Waals surface area contributed by atoms with Gasteiger partial charge in [-0.1, -0.05) is 23.2 Å². The molecule has 2 heterocycles. The third-order valence-corrected chi connectivity index (χ3v) is 4.10. The van der Waals surface area contributed by atoms with Crippen LogP contribution in [0.15, 0.2) is 12.1 Å². The van der Waals surface area contributed by atoms with Gasteiger partial charge in [-0.3, -0.25) is 4.79 Å². The molecule has 1 N–H and O–H groups in total. The number of pyridine rings is 1. The van der Waals surface area contributed by atoms with E-state index in [0.717, 1.165) is 19.4 Å². The van der Waals surface area contributed by atoms with Crippen molar-refractivity contribution in [2.75, 3.05) is 13.6 Å². The summed E-state index contributed by atoms with van der Waals surface area (Å²) in [5.41, 5.74) is 0.373. The van der Waals surface area contributed by atoms with Crippen LogP contribution < -0.4 is 5.32 Å². The average molecular weight is 302 g/mol. The number of piperidine rings is 1. The van der Waals surface area contributed by atoms with E-state index < -0.39 is 0 Å². The van der Waals surface area contributed by atoms with Crippen LogP contribution >= 0.6 is 23.2 Å². The summed E-state index contributed by atoms with van der Waals surface area (Å²) in [5, 5.41) is 3.44. The number of nitrogens with one attached hydrogen (secondary N) is 1. The van der Waals surface area contributed by atoms with Crippen molar-refractivity contribution in [2.24, 2.45) is 0 Å². The van der Waals surface area contributed by atoms with Crippen LogP contribution in [0, 0.1) is 0 Å². The minimum Gasteiger partial charge on any atom is -0.349 e. The van der Waals surface area contributed by atoms with Crippen molar-refractivity contribution in [2.45, 2.75) is 31.8 Å². The molecule has 1 aromatic rings. The lowest BCUT2D eigenvalue weighted by atomic mass is 9.98. The highest BCUT2D eigenvalue weighted by Crippen LogP contribution is 2.19. The summed E-state index contributed by atoms with van der Waals surface area (Å²) in [7, 11) is 2.10. The Hall–Kier alpha value is -0.840. The number of carbonyl (C=O) groups excluding carboxylic acids is 1. The Morgan fingerprint density at radius 3 is 2.84 bits per heavy atom. The minimum absolute atomic E-state index is 0.144. The van der Waals surface area contributed by atoms with Crippen LogP contribution in [0.5, 0.6) is 0 Å². The molecular formula is C13H17Cl2N3O. The number of carbonyl (C=O) groups is 1. The van der Waals surface area contributed by atoms with Crippen molar-refractivity contribution in [3.8, 4) is 0 Å². The first kappa shape index (κ1) is 14.6. The zero-order valence-corrected chi connectivity index (χ0v) is 12.5. The molecule has 0 bridgehead atoms. The second-order valence-corrected chi connectivity index (χ2v) is 5.74. The highest BCUT2D eigenvalue weighted by molar-refractivity contribution is 6.34. The molecule has 1 saturated heterocycles. The lowest BCUT2D eigenvalue weighted by Gasteiger charge is -2.35.